The molecular formula is C17H26N2O8. The van der Waals surface area contributed by atoms with Crippen molar-refractivity contribution in [1.82, 2.24) is 4.90 Å². The maximum atomic E-state index is 9.10. The molecule has 0 saturated heterocycles. The summed E-state index contributed by atoms with van der Waals surface area (Å²) in [5.41, 5.74) is 7.37. The van der Waals surface area contributed by atoms with Crippen LogP contribution < -0.4 is 5.73 Å². The molecule has 27 heavy (non-hydrogen) atoms. The van der Waals surface area contributed by atoms with Crippen LogP contribution in [-0.4, -0.2) is 68.8 Å². The number of carbonyl (C=O) groups is 4. The van der Waals surface area contributed by atoms with Crippen molar-refractivity contribution in [1.29, 1.82) is 0 Å². The van der Waals surface area contributed by atoms with Crippen molar-refractivity contribution < 1.29 is 39.6 Å². The van der Waals surface area contributed by atoms with Crippen LogP contribution in [0.3, 0.4) is 0 Å². The molecule has 0 aliphatic heterocycles. The SMILES string of the molecule is CCN(CC)CCC(N)c1ccccc1.O=C(O)C(=O)O.O=C(O)C(=O)O. The Balaban J connectivity index is 0. The lowest BCUT2D eigenvalue weighted by atomic mass is 10.0. The Hall–Kier alpha value is -2.98. The molecule has 0 aliphatic carbocycles. The molecule has 10 nitrogen and oxygen atoms in total. The summed E-state index contributed by atoms with van der Waals surface area (Å²) in [5.74, 6) is -7.30. The van der Waals surface area contributed by atoms with E-state index in [2.05, 4.69) is 30.9 Å². The summed E-state index contributed by atoms with van der Waals surface area (Å²) in [6, 6.07) is 10.5. The normalized spacial score (nSPS) is 10.5. The van der Waals surface area contributed by atoms with Gasteiger partial charge in [-0.2, -0.15) is 0 Å². The third kappa shape index (κ3) is 15.0. The fourth-order valence-corrected chi connectivity index (χ4v) is 1.73. The minimum atomic E-state index is -1.82. The molecule has 1 atom stereocenters. The smallest absolute Gasteiger partial charge is 0.414 e. The highest BCUT2D eigenvalue weighted by Gasteiger charge is 2.07. The molecule has 152 valence electrons. The van der Waals surface area contributed by atoms with Crippen molar-refractivity contribution in [3.05, 3.63) is 35.9 Å². The third-order valence-corrected chi connectivity index (χ3v) is 3.24. The van der Waals surface area contributed by atoms with Gasteiger partial charge in [-0.1, -0.05) is 44.2 Å². The van der Waals surface area contributed by atoms with Crippen molar-refractivity contribution in [2.75, 3.05) is 19.6 Å². The highest BCUT2D eigenvalue weighted by atomic mass is 16.4. The van der Waals surface area contributed by atoms with Crippen LogP contribution in [0.2, 0.25) is 0 Å². The second kappa shape index (κ2) is 15.3. The minimum absolute atomic E-state index is 0.173. The molecule has 6 N–H and O–H groups in total. The van der Waals surface area contributed by atoms with E-state index in [4.69, 9.17) is 45.3 Å². The molecule has 0 bridgehead atoms. The summed E-state index contributed by atoms with van der Waals surface area (Å²) < 4.78 is 0. The number of nitrogens with two attached hydrogens (primary N) is 1. The number of nitrogens with zero attached hydrogens (tertiary/aromatic N) is 1. The maximum Gasteiger partial charge on any atom is 0.414 e. The Morgan fingerprint density at radius 1 is 0.852 bits per heavy atom. The summed E-state index contributed by atoms with van der Waals surface area (Å²) >= 11 is 0. The molecule has 1 aromatic rings. The van der Waals surface area contributed by atoms with Gasteiger partial charge in [0.1, 0.15) is 0 Å². The van der Waals surface area contributed by atoms with E-state index >= 15 is 0 Å². The summed E-state index contributed by atoms with van der Waals surface area (Å²) in [6.07, 6.45) is 1.03. The number of benzene rings is 1. The first-order chi connectivity index (χ1) is 12.6. The van der Waals surface area contributed by atoms with Crippen LogP contribution >= 0.6 is 0 Å². The fourth-order valence-electron chi connectivity index (χ4n) is 1.73. The summed E-state index contributed by atoms with van der Waals surface area (Å²) in [7, 11) is 0. The quantitative estimate of drug-likeness (QED) is 0.437. The van der Waals surface area contributed by atoms with E-state index in [1.807, 2.05) is 18.2 Å². The van der Waals surface area contributed by atoms with E-state index in [1.54, 1.807) is 0 Å². The third-order valence-electron chi connectivity index (χ3n) is 3.24. The van der Waals surface area contributed by atoms with Gasteiger partial charge in [-0.05, 0) is 31.6 Å². The van der Waals surface area contributed by atoms with Gasteiger partial charge in [0.2, 0.25) is 0 Å². The zero-order chi connectivity index (χ0) is 21.4. The lowest BCUT2D eigenvalue weighted by Gasteiger charge is -2.20. The first-order valence-electron chi connectivity index (χ1n) is 8.01. The standard InChI is InChI=1S/C13H22N2.2C2H2O4/c1-3-15(4-2)11-10-13(14)12-8-6-5-7-9-12;2*3-1(4)2(5)6/h5-9,13H,3-4,10-11,14H2,1-2H3;2*(H,3,4)(H,5,6). The first kappa shape index (κ1) is 26.3. The van der Waals surface area contributed by atoms with Crippen LogP contribution in [0.25, 0.3) is 0 Å². The van der Waals surface area contributed by atoms with Crippen molar-refractivity contribution in [2.45, 2.75) is 26.3 Å². The minimum Gasteiger partial charge on any atom is -0.473 e. The van der Waals surface area contributed by atoms with Crippen LogP contribution in [0.4, 0.5) is 0 Å². The zero-order valence-electron chi connectivity index (χ0n) is 15.2. The van der Waals surface area contributed by atoms with Crippen LogP contribution in [0, 0.1) is 0 Å². The van der Waals surface area contributed by atoms with Gasteiger partial charge in [0.05, 0.1) is 0 Å². The molecule has 0 amide bonds. The average Bonchev–Trinajstić information content (AvgIpc) is 2.64. The lowest BCUT2D eigenvalue weighted by Crippen LogP contribution is -2.27. The Kier molecular flexibility index (Phi) is 14.9. The Morgan fingerprint density at radius 3 is 1.52 bits per heavy atom. The lowest BCUT2D eigenvalue weighted by molar-refractivity contribution is -0.159. The second-order valence-electron chi connectivity index (χ2n) is 5.05. The molecule has 0 radical (unpaired) electrons. The maximum absolute atomic E-state index is 9.10. The van der Waals surface area contributed by atoms with Gasteiger partial charge in [0.15, 0.2) is 0 Å². The molecule has 0 saturated carbocycles. The number of hydrogen-bond donors (Lipinski definition) is 5. The van der Waals surface area contributed by atoms with Crippen LogP contribution in [0.1, 0.15) is 31.9 Å². The summed E-state index contributed by atoms with van der Waals surface area (Å²) in [6.45, 7) is 7.69. The highest BCUT2D eigenvalue weighted by Crippen LogP contribution is 2.13. The predicted octanol–water partition coefficient (Wildman–Crippen LogP) is 0.730. The van der Waals surface area contributed by atoms with Gasteiger partial charge < -0.3 is 31.1 Å². The number of rotatable bonds is 6. The number of aliphatic carboxylic acids is 4. The van der Waals surface area contributed by atoms with Gasteiger partial charge in [0.25, 0.3) is 0 Å². The van der Waals surface area contributed by atoms with E-state index in [0.29, 0.717) is 0 Å². The fraction of sp³-hybridized carbons (Fsp3) is 0.412. The second-order valence-corrected chi connectivity index (χ2v) is 5.05. The topological polar surface area (TPSA) is 178 Å². The number of carboxylic acids is 4. The van der Waals surface area contributed by atoms with Gasteiger partial charge in [-0.25, -0.2) is 19.2 Å². The molecule has 1 unspecified atom stereocenters. The van der Waals surface area contributed by atoms with E-state index in [-0.39, 0.29) is 6.04 Å². The largest absolute Gasteiger partial charge is 0.473 e. The molecule has 0 aliphatic rings. The highest BCUT2D eigenvalue weighted by molar-refractivity contribution is 6.27. The van der Waals surface area contributed by atoms with E-state index in [1.165, 1.54) is 5.56 Å². The monoisotopic (exact) mass is 386 g/mol. The zero-order valence-corrected chi connectivity index (χ0v) is 15.2. The number of carboxylic acid groups (broad SMARTS) is 4. The van der Waals surface area contributed by atoms with Crippen LogP contribution in [-0.2, 0) is 19.2 Å². The Labute approximate surface area is 156 Å². The van der Waals surface area contributed by atoms with Gasteiger partial charge in [-0.3, -0.25) is 0 Å². The first-order valence-corrected chi connectivity index (χ1v) is 8.01. The van der Waals surface area contributed by atoms with Crippen LogP contribution in [0.15, 0.2) is 30.3 Å². The molecular weight excluding hydrogens is 360 g/mol. The summed E-state index contributed by atoms with van der Waals surface area (Å²) in [5, 5.41) is 29.6. The Morgan fingerprint density at radius 2 is 1.22 bits per heavy atom. The molecule has 1 rings (SSSR count). The molecule has 1 aromatic carbocycles. The van der Waals surface area contributed by atoms with Gasteiger partial charge in [-0.15, -0.1) is 0 Å². The van der Waals surface area contributed by atoms with Crippen molar-refractivity contribution in [2.24, 2.45) is 5.73 Å². The molecule has 0 spiro atoms. The van der Waals surface area contributed by atoms with Gasteiger partial charge in [0, 0.05) is 6.04 Å². The van der Waals surface area contributed by atoms with E-state index < -0.39 is 23.9 Å². The summed E-state index contributed by atoms with van der Waals surface area (Å²) in [4.78, 5) is 38.8. The van der Waals surface area contributed by atoms with E-state index in [0.717, 1.165) is 26.1 Å². The van der Waals surface area contributed by atoms with Crippen LogP contribution in [0.5, 0.6) is 0 Å². The molecule has 0 heterocycles. The average molecular weight is 386 g/mol. The van der Waals surface area contributed by atoms with E-state index in [9.17, 15) is 0 Å². The molecule has 0 aromatic heterocycles. The molecule has 10 heteroatoms. The van der Waals surface area contributed by atoms with Crippen molar-refractivity contribution in [3.63, 3.8) is 0 Å². The van der Waals surface area contributed by atoms with Gasteiger partial charge >= 0.3 is 23.9 Å². The predicted molar refractivity (Wildman–Crippen MR) is 96.3 cm³/mol. The van der Waals surface area contributed by atoms with Crippen molar-refractivity contribution >= 4 is 23.9 Å². The van der Waals surface area contributed by atoms with Crippen molar-refractivity contribution in [3.8, 4) is 0 Å². The molecule has 0 fully saturated rings. The number of hydrogen-bond acceptors (Lipinski definition) is 6. The Bertz CT molecular complexity index is 540.